The molecule has 0 unspecified atom stereocenters. The molecule has 4 rings (SSSR count). The molecule has 0 bridgehead atoms. The molecule has 0 atom stereocenters. The van der Waals surface area contributed by atoms with Gasteiger partial charge in [-0.1, -0.05) is 36.4 Å². The maximum absolute atomic E-state index is 2.27. The molecule has 0 fully saturated rings. The molecule has 2 heteroatoms. The normalized spacial score (nSPS) is 11.3. The summed E-state index contributed by atoms with van der Waals surface area (Å²) in [6, 6.07) is 19.3. The predicted molar refractivity (Wildman–Crippen MR) is 86.3 cm³/mol. The van der Waals surface area contributed by atoms with Gasteiger partial charge >= 0.3 is 0 Å². The Balaban J connectivity index is 2.08. The predicted octanol–water partition coefficient (Wildman–Crippen LogP) is 3.89. The van der Waals surface area contributed by atoms with Crippen LogP contribution in [0.4, 0.5) is 0 Å². The average molecular weight is 273 g/mol. The van der Waals surface area contributed by atoms with E-state index in [-0.39, 0.29) is 0 Å². The van der Waals surface area contributed by atoms with Crippen molar-refractivity contribution in [2.24, 2.45) is 7.05 Å². The first-order valence-electron chi connectivity index (χ1n) is 7.19. The van der Waals surface area contributed by atoms with Gasteiger partial charge in [-0.2, -0.15) is 4.57 Å². The smallest absolute Gasteiger partial charge is 0.229 e. The van der Waals surface area contributed by atoms with Crippen molar-refractivity contribution in [3.8, 4) is 11.3 Å². The molecule has 0 saturated carbocycles. The molecule has 0 aliphatic carbocycles. The second-order valence-corrected chi connectivity index (χ2v) is 5.57. The monoisotopic (exact) mass is 273 g/mol. The molecular formula is C19H17N2+. The molecule has 0 radical (unpaired) electrons. The maximum Gasteiger partial charge on any atom is 0.229 e. The molecule has 0 spiro atoms. The average Bonchev–Trinajstić information content (AvgIpc) is 2.84. The van der Waals surface area contributed by atoms with Crippen molar-refractivity contribution >= 4 is 16.4 Å². The molecule has 0 amide bonds. The van der Waals surface area contributed by atoms with E-state index in [1.807, 2.05) is 0 Å². The van der Waals surface area contributed by atoms with Gasteiger partial charge in [-0.3, -0.25) is 0 Å². The molecule has 0 aliphatic heterocycles. The van der Waals surface area contributed by atoms with Crippen LogP contribution in [0.3, 0.4) is 0 Å². The zero-order valence-electron chi connectivity index (χ0n) is 12.2. The van der Waals surface area contributed by atoms with Crippen molar-refractivity contribution in [3.05, 3.63) is 72.6 Å². The van der Waals surface area contributed by atoms with Gasteiger partial charge < -0.3 is 4.40 Å². The van der Waals surface area contributed by atoms with Gasteiger partial charge in [-0.25, -0.2) is 0 Å². The lowest BCUT2D eigenvalue weighted by atomic mass is 10.1. The quantitative estimate of drug-likeness (QED) is 0.465. The molecule has 2 aromatic heterocycles. The van der Waals surface area contributed by atoms with Crippen LogP contribution in [0.1, 0.15) is 5.56 Å². The van der Waals surface area contributed by atoms with E-state index in [0.717, 1.165) is 0 Å². The van der Waals surface area contributed by atoms with E-state index in [4.69, 9.17) is 0 Å². The summed E-state index contributed by atoms with van der Waals surface area (Å²) >= 11 is 0. The van der Waals surface area contributed by atoms with Crippen LogP contribution < -0.4 is 4.57 Å². The summed E-state index contributed by atoms with van der Waals surface area (Å²) in [5, 5.41) is 1.28. The third kappa shape index (κ3) is 1.83. The molecular weight excluding hydrogens is 256 g/mol. The topological polar surface area (TPSA) is 8.29 Å². The Morgan fingerprint density at radius 2 is 1.71 bits per heavy atom. The van der Waals surface area contributed by atoms with Gasteiger partial charge in [0.2, 0.25) is 5.69 Å². The van der Waals surface area contributed by atoms with E-state index in [2.05, 4.69) is 89.9 Å². The van der Waals surface area contributed by atoms with Crippen LogP contribution in [0.25, 0.3) is 27.7 Å². The molecule has 0 saturated heterocycles. The van der Waals surface area contributed by atoms with Crippen LogP contribution in [0.2, 0.25) is 0 Å². The van der Waals surface area contributed by atoms with Gasteiger partial charge in [0.05, 0.1) is 17.3 Å². The lowest BCUT2D eigenvalue weighted by Gasteiger charge is -2.05. The second-order valence-electron chi connectivity index (χ2n) is 5.57. The summed E-state index contributed by atoms with van der Waals surface area (Å²) in [5.74, 6) is 0. The van der Waals surface area contributed by atoms with Gasteiger partial charge in [0.15, 0.2) is 6.20 Å². The van der Waals surface area contributed by atoms with Gasteiger partial charge in [0.25, 0.3) is 0 Å². The Bertz CT molecular complexity index is 964. The summed E-state index contributed by atoms with van der Waals surface area (Å²) < 4.78 is 4.48. The van der Waals surface area contributed by atoms with Gasteiger partial charge in [0.1, 0.15) is 12.6 Å². The number of rotatable bonds is 1. The maximum atomic E-state index is 2.27. The number of hydrogen-bond donors (Lipinski definition) is 0. The standard InChI is InChI=1S/C19H17N2/c1-14-7-3-5-9-17(14)19-13-21-16(12-20(19)2)11-15-8-4-6-10-18(15)21/h3-13H,1-2H3/q+1. The van der Waals surface area contributed by atoms with Crippen LogP contribution in [0.15, 0.2) is 67.0 Å². The number of hydrogen-bond acceptors (Lipinski definition) is 0. The highest BCUT2D eigenvalue weighted by Crippen LogP contribution is 2.24. The lowest BCUT2D eigenvalue weighted by Crippen LogP contribution is -2.31. The highest BCUT2D eigenvalue weighted by molar-refractivity contribution is 5.87. The van der Waals surface area contributed by atoms with Gasteiger partial charge in [-0.15, -0.1) is 0 Å². The van der Waals surface area contributed by atoms with Crippen LogP contribution in [0, 0.1) is 6.92 Å². The summed E-state index contributed by atoms with van der Waals surface area (Å²) in [4.78, 5) is 0. The van der Waals surface area contributed by atoms with E-state index < -0.39 is 0 Å². The van der Waals surface area contributed by atoms with E-state index >= 15 is 0 Å². The molecule has 2 heterocycles. The van der Waals surface area contributed by atoms with E-state index in [0.29, 0.717) is 0 Å². The fourth-order valence-electron chi connectivity index (χ4n) is 3.04. The number of fused-ring (bicyclic) bond motifs is 3. The van der Waals surface area contributed by atoms with Crippen LogP contribution in [-0.4, -0.2) is 4.40 Å². The molecule has 0 N–H and O–H groups in total. The van der Waals surface area contributed by atoms with E-state index in [1.165, 1.54) is 33.2 Å². The minimum atomic E-state index is 1.22. The molecule has 0 aliphatic rings. The van der Waals surface area contributed by atoms with Crippen molar-refractivity contribution in [3.63, 3.8) is 0 Å². The third-order valence-electron chi connectivity index (χ3n) is 4.16. The van der Waals surface area contributed by atoms with E-state index in [1.54, 1.807) is 0 Å². The van der Waals surface area contributed by atoms with Gasteiger partial charge in [-0.05, 0) is 30.7 Å². The van der Waals surface area contributed by atoms with Crippen molar-refractivity contribution in [1.82, 2.24) is 4.40 Å². The fourth-order valence-corrected chi connectivity index (χ4v) is 3.04. The SMILES string of the molecule is Cc1ccccc1-c1cn2c(cc3ccccc32)c[n+]1C. The molecule has 2 nitrogen and oxygen atoms in total. The zero-order valence-corrected chi connectivity index (χ0v) is 12.2. The summed E-state index contributed by atoms with van der Waals surface area (Å²) in [7, 11) is 2.11. The second kappa shape index (κ2) is 4.45. The first-order valence-corrected chi connectivity index (χ1v) is 7.19. The third-order valence-corrected chi connectivity index (χ3v) is 4.16. The number of nitrogens with zero attached hydrogens (tertiary/aromatic N) is 2. The highest BCUT2D eigenvalue weighted by Gasteiger charge is 2.15. The molecule has 21 heavy (non-hydrogen) atoms. The Morgan fingerprint density at radius 1 is 0.952 bits per heavy atom. The summed E-state index contributed by atoms with van der Waals surface area (Å²) in [6.45, 7) is 2.16. The summed E-state index contributed by atoms with van der Waals surface area (Å²) in [6.07, 6.45) is 4.43. The first-order chi connectivity index (χ1) is 10.2. The lowest BCUT2D eigenvalue weighted by molar-refractivity contribution is -0.659. The zero-order chi connectivity index (χ0) is 14.4. The van der Waals surface area contributed by atoms with Crippen molar-refractivity contribution in [2.45, 2.75) is 6.92 Å². The van der Waals surface area contributed by atoms with Crippen LogP contribution >= 0.6 is 0 Å². The number of para-hydroxylation sites is 1. The number of aromatic nitrogens is 2. The number of aryl methyl sites for hydroxylation is 2. The Hall–Kier alpha value is -2.61. The van der Waals surface area contributed by atoms with Crippen molar-refractivity contribution < 1.29 is 4.57 Å². The highest BCUT2D eigenvalue weighted by atomic mass is 15.0. The minimum Gasteiger partial charge on any atom is -0.305 e. The summed E-state index contributed by atoms with van der Waals surface area (Å²) in [5.41, 5.74) is 6.27. The molecule has 2 aromatic carbocycles. The Morgan fingerprint density at radius 3 is 2.57 bits per heavy atom. The van der Waals surface area contributed by atoms with E-state index in [9.17, 15) is 0 Å². The van der Waals surface area contributed by atoms with Crippen LogP contribution in [0.5, 0.6) is 0 Å². The van der Waals surface area contributed by atoms with Crippen molar-refractivity contribution in [2.75, 3.05) is 0 Å². The minimum absolute atomic E-state index is 1.22. The van der Waals surface area contributed by atoms with Gasteiger partial charge in [0, 0.05) is 5.39 Å². The van der Waals surface area contributed by atoms with Crippen LogP contribution in [-0.2, 0) is 7.05 Å². The Kier molecular flexibility index (Phi) is 2.58. The largest absolute Gasteiger partial charge is 0.305 e. The Labute approximate surface area is 123 Å². The molecule has 102 valence electrons. The fraction of sp³-hybridized carbons (Fsp3) is 0.105. The number of benzene rings is 2. The first kappa shape index (κ1) is 12.2. The van der Waals surface area contributed by atoms with Crippen molar-refractivity contribution in [1.29, 1.82) is 0 Å². The molecule has 4 aromatic rings.